The van der Waals surface area contributed by atoms with Crippen molar-refractivity contribution in [2.75, 3.05) is 6.54 Å². The van der Waals surface area contributed by atoms with Gasteiger partial charge < -0.3 is 10.4 Å². The number of aliphatic hydroxyl groups excluding tert-OH is 1. The van der Waals surface area contributed by atoms with Gasteiger partial charge in [-0.3, -0.25) is 4.40 Å². The summed E-state index contributed by atoms with van der Waals surface area (Å²) in [6.07, 6.45) is 5.69. The molecule has 2 unspecified atom stereocenters. The van der Waals surface area contributed by atoms with Crippen molar-refractivity contribution >= 4 is 16.3 Å². The zero-order valence-corrected chi connectivity index (χ0v) is 10.00. The Labute approximate surface area is 97.9 Å². The second-order valence-corrected chi connectivity index (χ2v) is 5.55. The Bertz CT molecular complexity index is 473. The average Bonchev–Trinajstić information content (AvgIpc) is 2.75. The minimum atomic E-state index is -0.306. The first-order valence-electron chi connectivity index (χ1n) is 5.60. The van der Waals surface area contributed by atoms with Gasteiger partial charge in [-0.2, -0.15) is 0 Å². The molecule has 2 aromatic rings. The van der Waals surface area contributed by atoms with Crippen LogP contribution in [0.2, 0.25) is 0 Å². The fraction of sp³-hybridized carbons (Fsp3) is 0.545. The summed E-state index contributed by atoms with van der Waals surface area (Å²) in [7, 11) is 0. The number of nitrogens with zero attached hydrogens (tertiary/aromatic N) is 2. The van der Waals surface area contributed by atoms with Gasteiger partial charge in [0.1, 0.15) is 0 Å². The second-order valence-electron chi connectivity index (χ2n) is 4.34. The molecule has 0 bridgehead atoms. The molecule has 0 radical (unpaired) electrons. The number of thiazole rings is 1. The largest absolute Gasteiger partial charge is 0.391 e. The molecule has 3 rings (SSSR count). The summed E-state index contributed by atoms with van der Waals surface area (Å²) >= 11 is 1.68. The molecule has 1 aliphatic heterocycles. The van der Waals surface area contributed by atoms with Gasteiger partial charge >= 0.3 is 0 Å². The van der Waals surface area contributed by atoms with Gasteiger partial charge in [-0.05, 0) is 26.3 Å². The van der Waals surface area contributed by atoms with Gasteiger partial charge in [0, 0.05) is 17.3 Å². The van der Waals surface area contributed by atoms with Crippen LogP contribution in [0.4, 0.5) is 0 Å². The van der Waals surface area contributed by atoms with Gasteiger partial charge in [0.05, 0.1) is 17.8 Å². The molecular formula is C11H15N3OS. The molecule has 5 heteroatoms. The zero-order chi connectivity index (χ0) is 11.1. The molecule has 2 aromatic heterocycles. The van der Waals surface area contributed by atoms with Crippen LogP contribution in [-0.2, 0) is 0 Å². The van der Waals surface area contributed by atoms with E-state index in [-0.39, 0.29) is 12.1 Å². The number of imidazole rings is 1. The Hall–Kier alpha value is -0.910. The summed E-state index contributed by atoms with van der Waals surface area (Å²) in [5.41, 5.74) is 0.957. The van der Waals surface area contributed by atoms with E-state index < -0.39 is 0 Å². The first-order valence-corrected chi connectivity index (χ1v) is 6.42. The first-order chi connectivity index (χ1) is 7.74. The van der Waals surface area contributed by atoms with E-state index >= 15 is 0 Å². The minimum Gasteiger partial charge on any atom is -0.391 e. The van der Waals surface area contributed by atoms with Crippen molar-refractivity contribution in [3.8, 4) is 0 Å². The molecule has 0 aliphatic carbocycles. The molecule has 1 fully saturated rings. The average molecular weight is 237 g/mol. The molecule has 16 heavy (non-hydrogen) atoms. The third kappa shape index (κ3) is 1.65. The third-order valence-corrected chi connectivity index (χ3v) is 3.95. The van der Waals surface area contributed by atoms with Crippen LogP contribution in [0, 0.1) is 6.92 Å². The Morgan fingerprint density at radius 2 is 2.44 bits per heavy atom. The van der Waals surface area contributed by atoms with Crippen LogP contribution in [0.5, 0.6) is 0 Å². The number of rotatable bonds is 1. The lowest BCUT2D eigenvalue weighted by molar-refractivity contribution is 0.0950. The van der Waals surface area contributed by atoms with Gasteiger partial charge in [-0.15, -0.1) is 11.3 Å². The van der Waals surface area contributed by atoms with E-state index in [0.29, 0.717) is 0 Å². The predicted molar refractivity (Wildman–Crippen MR) is 63.8 cm³/mol. The molecule has 2 N–H and O–H groups in total. The van der Waals surface area contributed by atoms with Crippen LogP contribution < -0.4 is 5.32 Å². The molecule has 1 aliphatic rings. The van der Waals surface area contributed by atoms with Gasteiger partial charge in [0.25, 0.3) is 0 Å². The lowest BCUT2D eigenvalue weighted by Crippen LogP contribution is -2.37. The van der Waals surface area contributed by atoms with E-state index in [2.05, 4.69) is 23.4 Å². The zero-order valence-electron chi connectivity index (χ0n) is 9.18. The number of piperidine rings is 1. The van der Waals surface area contributed by atoms with Crippen molar-refractivity contribution in [1.29, 1.82) is 0 Å². The van der Waals surface area contributed by atoms with E-state index in [4.69, 9.17) is 0 Å². The highest BCUT2D eigenvalue weighted by molar-refractivity contribution is 7.16. The SMILES string of the molecule is Cc1cn2cc(C3NCCCC3O)nc2s1. The highest BCUT2D eigenvalue weighted by atomic mass is 32.1. The number of aromatic nitrogens is 2. The number of aliphatic hydroxyl groups is 1. The van der Waals surface area contributed by atoms with E-state index in [1.807, 2.05) is 10.6 Å². The number of aryl methyl sites for hydroxylation is 1. The van der Waals surface area contributed by atoms with Crippen LogP contribution in [0.25, 0.3) is 4.96 Å². The molecule has 0 saturated carbocycles. The Balaban J connectivity index is 1.95. The maximum Gasteiger partial charge on any atom is 0.194 e. The van der Waals surface area contributed by atoms with E-state index in [1.54, 1.807) is 11.3 Å². The maximum absolute atomic E-state index is 9.93. The molecule has 3 heterocycles. The van der Waals surface area contributed by atoms with Crippen molar-refractivity contribution in [3.05, 3.63) is 23.0 Å². The highest BCUT2D eigenvalue weighted by Gasteiger charge is 2.26. The predicted octanol–water partition coefficient (Wildman–Crippen LogP) is 1.49. The topological polar surface area (TPSA) is 49.6 Å². The van der Waals surface area contributed by atoms with E-state index in [1.165, 1.54) is 4.88 Å². The minimum absolute atomic E-state index is 0.00107. The molecule has 0 amide bonds. The molecule has 2 atom stereocenters. The second kappa shape index (κ2) is 3.84. The van der Waals surface area contributed by atoms with Gasteiger partial charge in [0.2, 0.25) is 0 Å². The lowest BCUT2D eigenvalue weighted by atomic mass is 9.99. The molecule has 0 aromatic carbocycles. The summed E-state index contributed by atoms with van der Waals surface area (Å²) in [5.74, 6) is 0. The smallest absolute Gasteiger partial charge is 0.194 e. The Kier molecular flexibility index (Phi) is 2.46. The fourth-order valence-electron chi connectivity index (χ4n) is 2.25. The van der Waals surface area contributed by atoms with Crippen LogP contribution >= 0.6 is 11.3 Å². The van der Waals surface area contributed by atoms with Gasteiger partial charge in [-0.1, -0.05) is 0 Å². The first kappa shape index (κ1) is 10.3. The summed E-state index contributed by atoms with van der Waals surface area (Å²) in [5, 5.41) is 13.3. The molecule has 86 valence electrons. The van der Waals surface area contributed by atoms with Crippen LogP contribution in [0.15, 0.2) is 12.4 Å². The maximum atomic E-state index is 9.93. The number of hydrogen-bond acceptors (Lipinski definition) is 4. The van der Waals surface area contributed by atoms with Crippen molar-refractivity contribution < 1.29 is 5.11 Å². The summed E-state index contributed by atoms with van der Waals surface area (Å²) in [4.78, 5) is 6.83. The van der Waals surface area contributed by atoms with Crippen LogP contribution in [0.1, 0.15) is 29.5 Å². The molecule has 0 spiro atoms. The lowest BCUT2D eigenvalue weighted by Gasteiger charge is -2.27. The van der Waals surface area contributed by atoms with Crippen molar-refractivity contribution in [1.82, 2.24) is 14.7 Å². The van der Waals surface area contributed by atoms with E-state index in [9.17, 15) is 5.11 Å². The van der Waals surface area contributed by atoms with E-state index in [0.717, 1.165) is 30.0 Å². The summed E-state index contributed by atoms with van der Waals surface area (Å²) in [6, 6.07) is 0.00107. The van der Waals surface area contributed by atoms with Crippen LogP contribution in [-0.4, -0.2) is 27.1 Å². The number of nitrogens with one attached hydrogen (secondary N) is 1. The normalized spacial score (nSPS) is 26.4. The molecular weight excluding hydrogens is 222 g/mol. The number of hydrogen-bond donors (Lipinski definition) is 2. The Morgan fingerprint density at radius 3 is 3.19 bits per heavy atom. The third-order valence-electron chi connectivity index (χ3n) is 3.03. The fourth-order valence-corrected chi connectivity index (χ4v) is 3.07. The summed E-state index contributed by atoms with van der Waals surface area (Å²) < 4.78 is 2.04. The van der Waals surface area contributed by atoms with Crippen molar-refractivity contribution in [2.24, 2.45) is 0 Å². The van der Waals surface area contributed by atoms with Gasteiger partial charge in [0.15, 0.2) is 4.96 Å². The van der Waals surface area contributed by atoms with Crippen LogP contribution in [0.3, 0.4) is 0 Å². The van der Waals surface area contributed by atoms with Gasteiger partial charge in [-0.25, -0.2) is 4.98 Å². The molecule has 4 nitrogen and oxygen atoms in total. The van der Waals surface area contributed by atoms with Crippen molar-refractivity contribution in [3.63, 3.8) is 0 Å². The highest BCUT2D eigenvalue weighted by Crippen LogP contribution is 2.25. The quantitative estimate of drug-likeness (QED) is 0.790. The Morgan fingerprint density at radius 1 is 1.56 bits per heavy atom. The number of fused-ring (bicyclic) bond motifs is 1. The molecule has 1 saturated heterocycles. The standard InChI is InChI=1S/C11H15N3OS/c1-7-5-14-6-8(13-11(14)16-7)10-9(15)3-2-4-12-10/h5-6,9-10,12,15H,2-4H2,1H3. The monoisotopic (exact) mass is 237 g/mol. The van der Waals surface area contributed by atoms with Crippen molar-refractivity contribution in [2.45, 2.75) is 31.9 Å². The summed E-state index contributed by atoms with van der Waals surface area (Å²) in [6.45, 7) is 3.04.